The van der Waals surface area contributed by atoms with E-state index in [1.807, 2.05) is 12.4 Å². The fourth-order valence-corrected chi connectivity index (χ4v) is 3.92. The SMILES string of the molecule is c1ccc2cc(-c3ncc(CNCc4nnc5n4CCCCC5)cn3)ccc2c1. The van der Waals surface area contributed by atoms with Crippen LogP contribution >= 0.6 is 0 Å². The number of nitrogens with one attached hydrogen (secondary N) is 1. The second-order valence-corrected chi connectivity index (χ2v) is 7.58. The Balaban J connectivity index is 1.23. The molecular formula is C23H24N6. The summed E-state index contributed by atoms with van der Waals surface area (Å²) in [4.78, 5) is 9.14. The van der Waals surface area contributed by atoms with Gasteiger partial charge in [0.05, 0.1) is 6.54 Å². The number of hydrogen-bond acceptors (Lipinski definition) is 5. The highest BCUT2D eigenvalue weighted by Gasteiger charge is 2.14. The van der Waals surface area contributed by atoms with Crippen molar-refractivity contribution < 1.29 is 0 Å². The Morgan fingerprint density at radius 3 is 2.62 bits per heavy atom. The lowest BCUT2D eigenvalue weighted by Crippen LogP contribution is -2.17. The van der Waals surface area contributed by atoms with Crippen LogP contribution in [0, 0.1) is 0 Å². The number of hydrogen-bond donors (Lipinski definition) is 1. The maximum Gasteiger partial charge on any atom is 0.159 e. The molecule has 0 aliphatic carbocycles. The zero-order valence-electron chi connectivity index (χ0n) is 16.4. The summed E-state index contributed by atoms with van der Waals surface area (Å²) >= 11 is 0. The van der Waals surface area contributed by atoms with Gasteiger partial charge >= 0.3 is 0 Å². The van der Waals surface area contributed by atoms with E-state index < -0.39 is 0 Å². The largest absolute Gasteiger partial charge is 0.314 e. The fraction of sp³-hybridized carbons (Fsp3) is 0.304. The van der Waals surface area contributed by atoms with Crippen molar-refractivity contribution in [3.8, 4) is 11.4 Å². The van der Waals surface area contributed by atoms with Crippen LogP contribution in [0.4, 0.5) is 0 Å². The lowest BCUT2D eigenvalue weighted by Gasteiger charge is -2.08. The monoisotopic (exact) mass is 384 g/mol. The highest BCUT2D eigenvalue weighted by Crippen LogP contribution is 2.21. The van der Waals surface area contributed by atoms with Gasteiger partial charge in [-0.2, -0.15) is 0 Å². The normalized spacial score (nSPS) is 13.9. The Kier molecular flexibility index (Phi) is 5.01. The molecule has 0 bridgehead atoms. The molecule has 0 amide bonds. The van der Waals surface area contributed by atoms with Crippen LogP contribution in [0.25, 0.3) is 22.2 Å². The van der Waals surface area contributed by atoms with Crippen molar-refractivity contribution in [1.82, 2.24) is 30.0 Å². The van der Waals surface area contributed by atoms with Gasteiger partial charge in [-0.05, 0) is 29.7 Å². The second kappa shape index (κ2) is 8.09. The van der Waals surface area contributed by atoms with Crippen molar-refractivity contribution >= 4 is 10.8 Å². The number of rotatable bonds is 5. The lowest BCUT2D eigenvalue weighted by molar-refractivity contribution is 0.572. The smallest absolute Gasteiger partial charge is 0.159 e. The van der Waals surface area contributed by atoms with E-state index in [1.54, 1.807) is 0 Å². The van der Waals surface area contributed by atoms with Crippen molar-refractivity contribution in [1.29, 1.82) is 0 Å². The van der Waals surface area contributed by atoms with E-state index in [9.17, 15) is 0 Å². The molecule has 29 heavy (non-hydrogen) atoms. The highest BCUT2D eigenvalue weighted by atomic mass is 15.3. The molecule has 146 valence electrons. The van der Waals surface area contributed by atoms with E-state index in [1.165, 1.54) is 30.0 Å². The van der Waals surface area contributed by atoms with Crippen molar-refractivity contribution in [2.24, 2.45) is 0 Å². The van der Waals surface area contributed by atoms with Crippen LogP contribution in [0.5, 0.6) is 0 Å². The van der Waals surface area contributed by atoms with Crippen molar-refractivity contribution in [3.05, 3.63) is 72.1 Å². The summed E-state index contributed by atoms with van der Waals surface area (Å²) < 4.78 is 2.28. The molecule has 0 radical (unpaired) electrons. The third-order valence-corrected chi connectivity index (χ3v) is 5.51. The van der Waals surface area contributed by atoms with Crippen LogP contribution < -0.4 is 5.32 Å². The zero-order chi connectivity index (χ0) is 19.5. The first kappa shape index (κ1) is 17.9. The first-order valence-corrected chi connectivity index (χ1v) is 10.3. The molecule has 1 aliphatic rings. The first-order chi connectivity index (χ1) is 14.4. The third kappa shape index (κ3) is 3.89. The maximum atomic E-state index is 4.57. The lowest BCUT2D eigenvalue weighted by atomic mass is 10.1. The van der Waals surface area contributed by atoms with Crippen LogP contribution in [0.1, 0.15) is 36.5 Å². The molecule has 2 aromatic carbocycles. The summed E-state index contributed by atoms with van der Waals surface area (Å²) in [6, 6.07) is 14.7. The van der Waals surface area contributed by atoms with Crippen molar-refractivity contribution in [2.75, 3.05) is 0 Å². The molecule has 2 aromatic heterocycles. The van der Waals surface area contributed by atoms with Gasteiger partial charge in [0.2, 0.25) is 0 Å². The minimum absolute atomic E-state index is 0.708. The molecule has 6 heteroatoms. The fourth-order valence-electron chi connectivity index (χ4n) is 3.92. The molecule has 0 atom stereocenters. The van der Waals surface area contributed by atoms with Crippen molar-refractivity contribution in [3.63, 3.8) is 0 Å². The van der Waals surface area contributed by atoms with Crippen LogP contribution in [0.2, 0.25) is 0 Å². The number of fused-ring (bicyclic) bond motifs is 2. The van der Waals surface area contributed by atoms with Gasteiger partial charge in [-0.1, -0.05) is 42.8 Å². The summed E-state index contributed by atoms with van der Waals surface area (Å²) in [6.45, 7) is 2.45. The summed E-state index contributed by atoms with van der Waals surface area (Å²) in [5.41, 5.74) is 2.10. The van der Waals surface area contributed by atoms with Gasteiger partial charge in [0.1, 0.15) is 11.6 Å². The number of benzene rings is 2. The number of aromatic nitrogens is 5. The predicted molar refractivity (Wildman–Crippen MR) is 113 cm³/mol. The van der Waals surface area contributed by atoms with E-state index in [2.05, 4.69) is 72.5 Å². The molecule has 0 spiro atoms. The molecule has 6 nitrogen and oxygen atoms in total. The molecule has 0 saturated carbocycles. The van der Waals surface area contributed by atoms with Crippen LogP contribution in [0.3, 0.4) is 0 Å². The predicted octanol–water partition coefficient (Wildman–Crippen LogP) is 3.90. The maximum absolute atomic E-state index is 4.57. The minimum atomic E-state index is 0.708. The van der Waals surface area contributed by atoms with E-state index in [0.29, 0.717) is 13.1 Å². The van der Waals surface area contributed by atoms with Gasteiger partial charge in [-0.3, -0.25) is 0 Å². The minimum Gasteiger partial charge on any atom is -0.314 e. The molecule has 4 aromatic rings. The Morgan fingerprint density at radius 2 is 1.72 bits per heavy atom. The standard InChI is InChI=1S/C23H24N6/c1-2-8-21-27-28-22(29(21)11-5-1)16-24-13-17-14-25-23(26-15-17)20-10-9-18-6-3-4-7-19(18)12-20/h3-4,6-7,9-10,12,14-15,24H,1-2,5,8,11,13,16H2. The quantitative estimate of drug-likeness (QED) is 0.565. The van der Waals surface area contributed by atoms with Crippen LogP contribution in [-0.4, -0.2) is 24.7 Å². The summed E-state index contributed by atoms with van der Waals surface area (Å²) in [6.07, 6.45) is 8.53. The third-order valence-electron chi connectivity index (χ3n) is 5.51. The summed E-state index contributed by atoms with van der Waals surface area (Å²) in [5, 5.41) is 14.6. The topological polar surface area (TPSA) is 68.5 Å². The molecule has 5 rings (SSSR count). The van der Waals surface area contributed by atoms with Crippen molar-refractivity contribution in [2.45, 2.75) is 45.3 Å². The Bertz CT molecular complexity index is 1120. The molecule has 3 heterocycles. The summed E-state index contributed by atoms with van der Waals surface area (Å²) in [5.74, 6) is 2.90. The number of nitrogens with zero attached hydrogens (tertiary/aromatic N) is 5. The van der Waals surface area contributed by atoms with Gasteiger partial charge in [0, 0.05) is 43.0 Å². The Hall–Kier alpha value is -3.12. The molecule has 0 saturated heterocycles. The van der Waals surface area contributed by atoms with Gasteiger partial charge < -0.3 is 9.88 Å². The average Bonchev–Trinajstić information content (AvgIpc) is 3.00. The first-order valence-electron chi connectivity index (χ1n) is 10.3. The highest BCUT2D eigenvalue weighted by molar-refractivity contribution is 5.86. The van der Waals surface area contributed by atoms with E-state index in [-0.39, 0.29) is 0 Å². The Morgan fingerprint density at radius 1 is 0.862 bits per heavy atom. The van der Waals surface area contributed by atoms with Gasteiger partial charge in [-0.15, -0.1) is 10.2 Å². The molecule has 0 unspecified atom stereocenters. The van der Waals surface area contributed by atoms with Gasteiger partial charge in [-0.25, -0.2) is 9.97 Å². The Labute approximate surface area is 170 Å². The molecular weight excluding hydrogens is 360 g/mol. The molecule has 1 N–H and O–H groups in total. The van der Waals surface area contributed by atoms with Crippen LogP contribution in [0.15, 0.2) is 54.9 Å². The van der Waals surface area contributed by atoms with E-state index in [0.717, 1.165) is 41.6 Å². The molecule has 0 fully saturated rings. The molecule has 1 aliphatic heterocycles. The van der Waals surface area contributed by atoms with Crippen LogP contribution in [-0.2, 0) is 26.1 Å². The van der Waals surface area contributed by atoms with E-state index in [4.69, 9.17) is 0 Å². The van der Waals surface area contributed by atoms with Gasteiger partial charge in [0.25, 0.3) is 0 Å². The number of aryl methyl sites for hydroxylation is 1. The zero-order valence-corrected chi connectivity index (χ0v) is 16.4. The van der Waals surface area contributed by atoms with Gasteiger partial charge in [0.15, 0.2) is 5.82 Å². The van der Waals surface area contributed by atoms with E-state index >= 15 is 0 Å². The second-order valence-electron chi connectivity index (χ2n) is 7.58. The average molecular weight is 384 g/mol. The summed E-state index contributed by atoms with van der Waals surface area (Å²) in [7, 11) is 0.